The second-order valence-electron chi connectivity index (χ2n) is 0.917. The topological polar surface area (TPSA) is 26.0 Å². The van der Waals surface area contributed by atoms with Crippen LogP contribution in [0.15, 0.2) is 10.6 Å². The number of rotatable bonds is 0. The molecule has 1 rings (SSSR count). The Balaban J connectivity index is 3.04. The van der Waals surface area contributed by atoms with Crippen molar-refractivity contribution in [3.63, 3.8) is 0 Å². The number of aromatic nitrogens is 1. The fourth-order valence-corrected chi connectivity index (χ4v) is 0.347. The van der Waals surface area contributed by atoms with Gasteiger partial charge in [0.2, 0.25) is 5.22 Å². The molecule has 4 heteroatoms. The van der Waals surface area contributed by atoms with Crippen LogP contribution < -0.4 is 0 Å². The van der Waals surface area contributed by atoms with E-state index in [1.54, 1.807) is 0 Å². The monoisotopic (exact) mass is 121 g/mol. The summed E-state index contributed by atoms with van der Waals surface area (Å²) < 4.78 is 15.6. The van der Waals surface area contributed by atoms with Gasteiger partial charge in [-0.1, -0.05) is 0 Å². The van der Waals surface area contributed by atoms with Crippen LogP contribution in [0.2, 0.25) is 5.22 Å². The summed E-state index contributed by atoms with van der Waals surface area (Å²) in [6.07, 6.45) is 0.196. The summed E-state index contributed by atoms with van der Waals surface area (Å²) in [6.45, 7) is 0. The van der Waals surface area contributed by atoms with Gasteiger partial charge >= 0.3 is 6.14 Å². The van der Waals surface area contributed by atoms with Gasteiger partial charge in [0, 0.05) is 0 Å². The molecule has 0 saturated carbocycles. The second kappa shape index (κ2) is 1.50. The molecule has 0 spiro atoms. The molecule has 0 aromatic carbocycles. The molecular weight excluding hydrogens is 120 g/mol. The minimum absolute atomic E-state index is 0.0301. The molecule has 0 aliphatic carbocycles. The van der Waals surface area contributed by atoms with Crippen LogP contribution in [0.3, 0.4) is 0 Å². The predicted molar refractivity (Wildman–Crippen MR) is 21.5 cm³/mol. The highest BCUT2D eigenvalue weighted by atomic mass is 35.5. The van der Waals surface area contributed by atoms with Crippen LogP contribution in [-0.2, 0) is 0 Å². The first-order valence-electron chi connectivity index (χ1n) is 1.56. The van der Waals surface area contributed by atoms with E-state index in [2.05, 4.69) is 9.40 Å². The lowest BCUT2D eigenvalue weighted by Crippen LogP contribution is -1.61. The van der Waals surface area contributed by atoms with E-state index in [0.717, 1.165) is 6.20 Å². The van der Waals surface area contributed by atoms with Crippen molar-refractivity contribution in [2.24, 2.45) is 0 Å². The van der Waals surface area contributed by atoms with Gasteiger partial charge in [0.25, 0.3) is 0 Å². The van der Waals surface area contributed by atoms with E-state index in [-0.39, 0.29) is 5.22 Å². The van der Waals surface area contributed by atoms with Gasteiger partial charge in [-0.2, -0.15) is 4.98 Å². The maximum absolute atomic E-state index is 11.6. The Labute approximate surface area is 43.9 Å². The third-order valence-corrected chi connectivity index (χ3v) is 0.624. The third-order valence-electron chi connectivity index (χ3n) is 0.449. The number of halogens is 2. The average molecular weight is 121 g/mol. The van der Waals surface area contributed by atoms with Gasteiger partial charge in [0.05, 0.1) is 6.20 Å². The van der Waals surface area contributed by atoms with E-state index in [9.17, 15) is 4.39 Å². The summed E-state index contributed by atoms with van der Waals surface area (Å²) >= 11 is 5.09. The van der Waals surface area contributed by atoms with Crippen LogP contribution in [0.4, 0.5) is 4.39 Å². The van der Waals surface area contributed by atoms with E-state index in [1.807, 2.05) is 0 Å². The van der Waals surface area contributed by atoms with Crippen molar-refractivity contribution in [3.8, 4) is 0 Å². The minimum atomic E-state index is -0.898. The molecule has 2 nitrogen and oxygen atoms in total. The van der Waals surface area contributed by atoms with Crippen LogP contribution in [-0.4, -0.2) is 4.98 Å². The van der Waals surface area contributed by atoms with Crippen molar-refractivity contribution < 1.29 is 8.81 Å². The van der Waals surface area contributed by atoms with Crippen LogP contribution in [0, 0.1) is 6.14 Å². The van der Waals surface area contributed by atoms with E-state index in [0.29, 0.717) is 0 Å². The molecular formula is C3HClFNO. The van der Waals surface area contributed by atoms with Gasteiger partial charge in [0.15, 0.2) is 0 Å². The predicted octanol–water partition coefficient (Wildman–Crippen LogP) is 1.47. The number of oxazole rings is 1. The molecule has 38 valence electrons. The van der Waals surface area contributed by atoms with E-state index in [1.165, 1.54) is 0 Å². The third kappa shape index (κ3) is 0.899. The second-order valence-corrected chi connectivity index (χ2v) is 1.29. The summed E-state index contributed by atoms with van der Waals surface area (Å²) in [7, 11) is 0. The van der Waals surface area contributed by atoms with Crippen LogP contribution in [0.5, 0.6) is 0 Å². The van der Waals surface area contributed by atoms with Gasteiger partial charge < -0.3 is 4.42 Å². The van der Waals surface area contributed by atoms with Crippen molar-refractivity contribution in [2.45, 2.75) is 0 Å². The highest BCUT2D eigenvalue weighted by Gasteiger charge is 1.94. The normalized spacial score (nSPS) is 9.43. The summed E-state index contributed by atoms with van der Waals surface area (Å²) in [5, 5.41) is -0.0301. The Morgan fingerprint density at radius 3 is 2.71 bits per heavy atom. The highest BCUT2D eigenvalue weighted by molar-refractivity contribution is 6.28. The number of hydrogen-bond acceptors (Lipinski definition) is 2. The van der Waals surface area contributed by atoms with E-state index in [4.69, 9.17) is 11.6 Å². The SMILES string of the molecule is Fc1ncc(Cl)o1. The lowest BCUT2D eigenvalue weighted by molar-refractivity contribution is 0.337. The van der Waals surface area contributed by atoms with Gasteiger partial charge in [-0.15, -0.1) is 4.39 Å². The minimum Gasteiger partial charge on any atom is -0.403 e. The van der Waals surface area contributed by atoms with Crippen LogP contribution in [0.25, 0.3) is 0 Å². The highest BCUT2D eigenvalue weighted by Crippen LogP contribution is 2.06. The standard InChI is InChI=1S/C3HClFNO/c4-2-1-6-3(5)7-2/h1H. The first-order valence-corrected chi connectivity index (χ1v) is 1.93. The summed E-state index contributed by atoms with van der Waals surface area (Å²) in [5.74, 6) is 0. The van der Waals surface area contributed by atoms with Gasteiger partial charge in [-0.3, -0.25) is 0 Å². The lowest BCUT2D eigenvalue weighted by atomic mass is 11.0. The first-order chi connectivity index (χ1) is 3.29. The van der Waals surface area contributed by atoms with Crippen molar-refractivity contribution in [1.82, 2.24) is 4.98 Å². The zero-order valence-corrected chi connectivity index (χ0v) is 3.94. The Bertz CT molecular complexity index is 147. The van der Waals surface area contributed by atoms with Gasteiger partial charge in [-0.25, -0.2) is 0 Å². The molecule has 0 atom stereocenters. The Hall–Kier alpha value is -0.570. The zero-order valence-electron chi connectivity index (χ0n) is 3.19. The lowest BCUT2D eigenvalue weighted by Gasteiger charge is -1.67. The average Bonchev–Trinajstić information content (AvgIpc) is 1.87. The molecule has 0 N–H and O–H groups in total. The number of nitrogens with zero attached hydrogens (tertiary/aromatic N) is 1. The molecule has 0 amide bonds. The fraction of sp³-hybridized carbons (Fsp3) is 0. The van der Waals surface area contributed by atoms with Crippen LogP contribution >= 0.6 is 11.6 Å². The molecule has 0 unspecified atom stereocenters. The smallest absolute Gasteiger partial charge is 0.382 e. The molecule has 0 bridgehead atoms. The Morgan fingerprint density at radius 1 is 1.86 bits per heavy atom. The maximum atomic E-state index is 11.6. The maximum Gasteiger partial charge on any atom is 0.382 e. The van der Waals surface area contributed by atoms with E-state index < -0.39 is 6.14 Å². The molecule has 7 heavy (non-hydrogen) atoms. The largest absolute Gasteiger partial charge is 0.403 e. The van der Waals surface area contributed by atoms with Gasteiger partial charge in [-0.05, 0) is 11.6 Å². The summed E-state index contributed by atoms with van der Waals surface area (Å²) in [6, 6.07) is 0. The van der Waals surface area contributed by atoms with Crippen LogP contribution in [0.1, 0.15) is 0 Å². The van der Waals surface area contributed by atoms with Crippen molar-refractivity contribution in [3.05, 3.63) is 17.6 Å². The quantitative estimate of drug-likeness (QED) is 0.520. The van der Waals surface area contributed by atoms with E-state index >= 15 is 0 Å². The first kappa shape index (κ1) is 4.59. The molecule has 0 fully saturated rings. The molecule has 1 aromatic heterocycles. The summed E-state index contributed by atoms with van der Waals surface area (Å²) in [4.78, 5) is 3.05. The molecule has 0 aliphatic rings. The number of hydrogen-bond donors (Lipinski definition) is 0. The van der Waals surface area contributed by atoms with Crippen molar-refractivity contribution in [2.75, 3.05) is 0 Å². The Kier molecular flexibility index (Phi) is 0.982. The molecule has 0 radical (unpaired) electrons. The molecule has 1 aromatic rings. The summed E-state index contributed by atoms with van der Waals surface area (Å²) in [5.41, 5.74) is 0. The fourth-order valence-electron chi connectivity index (χ4n) is 0.235. The molecule has 1 heterocycles. The zero-order chi connectivity index (χ0) is 5.28. The van der Waals surface area contributed by atoms with Crippen molar-refractivity contribution in [1.29, 1.82) is 0 Å². The molecule has 0 aliphatic heterocycles. The van der Waals surface area contributed by atoms with Crippen molar-refractivity contribution >= 4 is 11.6 Å². The van der Waals surface area contributed by atoms with Gasteiger partial charge in [0.1, 0.15) is 0 Å². The molecule has 0 saturated heterocycles. The Morgan fingerprint density at radius 2 is 2.57 bits per heavy atom.